The second-order valence-corrected chi connectivity index (χ2v) is 9.07. The van der Waals surface area contributed by atoms with Crippen LogP contribution < -0.4 is 10.6 Å². The highest BCUT2D eigenvalue weighted by atomic mass is 35.5. The SMILES string of the molecule is CNCCCc1c(/C=C2\C(=O)Nc3cccc(-c4ccc(Cl)cc4)c32)[nH]c2c1CCCC2. The standard InChI is InChI=1S/C27H28ClN3O/c1-29-15-5-8-21-20-6-2-3-9-23(20)30-25(21)16-22-26-19(17-11-13-18(28)14-12-17)7-4-10-24(26)31-27(22)32/h4,7,10-14,16,29-30H,2-3,5-6,8-9,15H2,1H3,(H,31,32)/b22-16-. The summed E-state index contributed by atoms with van der Waals surface area (Å²) >= 11 is 6.11. The molecular weight excluding hydrogens is 418 g/mol. The van der Waals surface area contributed by atoms with Crippen LogP contribution in [0.3, 0.4) is 0 Å². The molecule has 1 aliphatic heterocycles. The minimum absolute atomic E-state index is 0.0461. The first-order valence-electron chi connectivity index (χ1n) is 11.5. The third-order valence-corrected chi connectivity index (χ3v) is 6.82. The first-order chi connectivity index (χ1) is 15.7. The molecule has 0 saturated heterocycles. The third kappa shape index (κ3) is 3.89. The molecule has 4 nitrogen and oxygen atoms in total. The van der Waals surface area contributed by atoms with E-state index in [2.05, 4.69) is 27.8 Å². The van der Waals surface area contributed by atoms with Gasteiger partial charge in [-0.05, 0) is 98.6 Å². The number of carbonyl (C=O) groups is 1. The summed E-state index contributed by atoms with van der Waals surface area (Å²) in [5, 5.41) is 7.02. The smallest absolute Gasteiger partial charge is 0.256 e. The number of nitrogens with one attached hydrogen (secondary N) is 3. The van der Waals surface area contributed by atoms with Gasteiger partial charge < -0.3 is 15.6 Å². The van der Waals surface area contributed by atoms with E-state index in [9.17, 15) is 4.79 Å². The molecular formula is C27H28ClN3O. The minimum atomic E-state index is -0.0461. The predicted octanol–water partition coefficient (Wildman–Crippen LogP) is 5.86. The fourth-order valence-electron chi connectivity index (χ4n) is 5.03. The lowest BCUT2D eigenvalue weighted by Gasteiger charge is -2.13. The van der Waals surface area contributed by atoms with Crippen molar-refractivity contribution in [1.29, 1.82) is 0 Å². The molecule has 164 valence electrons. The molecule has 0 atom stereocenters. The number of carbonyl (C=O) groups excluding carboxylic acids is 1. The van der Waals surface area contributed by atoms with Crippen LogP contribution in [0.2, 0.25) is 5.02 Å². The summed E-state index contributed by atoms with van der Waals surface area (Å²) in [5.41, 5.74) is 9.94. The average molecular weight is 446 g/mol. The van der Waals surface area contributed by atoms with Crippen LogP contribution in [0, 0.1) is 0 Å². The summed E-state index contributed by atoms with van der Waals surface area (Å²) in [5.74, 6) is -0.0461. The van der Waals surface area contributed by atoms with E-state index in [1.165, 1.54) is 29.7 Å². The number of benzene rings is 2. The Balaban J connectivity index is 1.61. The lowest BCUT2D eigenvalue weighted by Crippen LogP contribution is -2.09. The molecule has 0 spiro atoms. The van der Waals surface area contributed by atoms with Crippen molar-refractivity contribution >= 4 is 34.8 Å². The van der Waals surface area contributed by atoms with Crippen molar-refractivity contribution in [3.8, 4) is 11.1 Å². The van der Waals surface area contributed by atoms with E-state index in [4.69, 9.17) is 11.6 Å². The number of anilines is 1. The van der Waals surface area contributed by atoms with Crippen molar-refractivity contribution in [2.45, 2.75) is 38.5 Å². The summed E-state index contributed by atoms with van der Waals surface area (Å²) < 4.78 is 0. The van der Waals surface area contributed by atoms with Gasteiger partial charge in [0.25, 0.3) is 5.91 Å². The van der Waals surface area contributed by atoms with Gasteiger partial charge in [-0.1, -0.05) is 35.9 Å². The Bertz CT molecular complexity index is 1190. The fraction of sp³-hybridized carbons (Fsp3) is 0.296. The lowest BCUT2D eigenvalue weighted by molar-refractivity contribution is -0.110. The summed E-state index contributed by atoms with van der Waals surface area (Å²) in [6.45, 7) is 0.986. The van der Waals surface area contributed by atoms with Gasteiger partial charge in [-0.25, -0.2) is 0 Å². The van der Waals surface area contributed by atoms with Crippen molar-refractivity contribution in [1.82, 2.24) is 10.3 Å². The number of halogens is 1. The first-order valence-corrected chi connectivity index (χ1v) is 11.8. The predicted molar refractivity (Wildman–Crippen MR) is 133 cm³/mol. The number of rotatable bonds is 6. The summed E-state index contributed by atoms with van der Waals surface area (Å²) in [6, 6.07) is 13.8. The van der Waals surface area contributed by atoms with Gasteiger partial charge in [0.05, 0.1) is 5.57 Å². The van der Waals surface area contributed by atoms with Crippen LogP contribution in [0.1, 0.15) is 47.3 Å². The Morgan fingerprint density at radius 1 is 1.09 bits per heavy atom. The minimum Gasteiger partial charge on any atom is -0.358 e. The molecule has 3 N–H and O–H groups in total. The van der Waals surface area contributed by atoms with Crippen LogP contribution in [0.4, 0.5) is 5.69 Å². The molecule has 0 saturated carbocycles. The second-order valence-electron chi connectivity index (χ2n) is 8.64. The zero-order valence-corrected chi connectivity index (χ0v) is 19.1. The Labute approximate surface area is 194 Å². The van der Waals surface area contributed by atoms with E-state index in [1.54, 1.807) is 0 Å². The van der Waals surface area contributed by atoms with Crippen molar-refractivity contribution in [3.05, 3.63) is 75.6 Å². The van der Waals surface area contributed by atoms with Crippen molar-refractivity contribution in [3.63, 3.8) is 0 Å². The van der Waals surface area contributed by atoms with Gasteiger partial charge in [0.15, 0.2) is 0 Å². The number of fused-ring (bicyclic) bond motifs is 2. The maximum Gasteiger partial charge on any atom is 0.256 e. The zero-order chi connectivity index (χ0) is 22.1. The van der Waals surface area contributed by atoms with Gasteiger partial charge >= 0.3 is 0 Å². The molecule has 0 unspecified atom stereocenters. The molecule has 1 aromatic heterocycles. The highest BCUT2D eigenvalue weighted by molar-refractivity contribution is 6.36. The van der Waals surface area contributed by atoms with Gasteiger partial charge in [-0.15, -0.1) is 0 Å². The van der Waals surface area contributed by atoms with E-state index in [0.29, 0.717) is 5.02 Å². The van der Waals surface area contributed by atoms with Crippen LogP contribution in [0.15, 0.2) is 42.5 Å². The van der Waals surface area contributed by atoms with E-state index in [0.717, 1.165) is 65.9 Å². The van der Waals surface area contributed by atoms with E-state index >= 15 is 0 Å². The normalized spacial score (nSPS) is 16.2. The highest BCUT2D eigenvalue weighted by Gasteiger charge is 2.28. The van der Waals surface area contributed by atoms with Crippen LogP contribution in [0.25, 0.3) is 22.8 Å². The fourth-order valence-corrected chi connectivity index (χ4v) is 5.16. The Hall–Kier alpha value is -2.82. The molecule has 1 amide bonds. The molecule has 1 aliphatic carbocycles. The van der Waals surface area contributed by atoms with Crippen LogP contribution >= 0.6 is 11.6 Å². The highest BCUT2D eigenvalue weighted by Crippen LogP contribution is 2.41. The summed E-state index contributed by atoms with van der Waals surface area (Å²) in [6.07, 6.45) is 8.86. The average Bonchev–Trinajstić information content (AvgIpc) is 3.32. The van der Waals surface area contributed by atoms with Crippen molar-refractivity contribution < 1.29 is 4.79 Å². The number of amides is 1. The number of aromatic amines is 1. The number of hydrogen-bond donors (Lipinski definition) is 3. The van der Waals surface area contributed by atoms with Crippen molar-refractivity contribution in [2.24, 2.45) is 0 Å². The van der Waals surface area contributed by atoms with E-state index in [1.807, 2.05) is 43.4 Å². The number of aromatic nitrogens is 1. The topological polar surface area (TPSA) is 56.9 Å². The molecule has 0 fully saturated rings. The number of H-pyrrole nitrogens is 1. The van der Waals surface area contributed by atoms with Gasteiger partial charge in [0.1, 0.15) is 0 Å². The van der Waals surface area contributed by atoms with Gasteiger partial charge in [-0.3, -0.25) is 4.79 Å². The van der Waals surface area contributed by atoms with Crippen LogP contribution in [-0.2, 0) is 24.1 Å². The Morgan fingerprint density at radius 3 is 2.72 bits per heavy atom. The van der Waals surface area contributed by atoms with Gasteiger partial charge in [0, 0.05) is 27.7 Å². The Kier molecular flexibility index (Phi) is 5.90. The molecule has 5 heteroatoms. The number of aryl methyl sites for hydroxylation is 1. The van der Waals surface area contributed by atoms with E-state index < -0.39 is 0 Å². The summed E-state index contributed by atoms with van der Waals surface area (Å²) in [7, 11) is 1.99. The third-order valence-electron chi connectivity index (χ3n) is 6.57. The zero-order valence-electron chi connectivity index (χ0n) is 18.4. The molecule has 2 heterocycles. The first kappa shape index (κ1) is 21.0. The Morgan fingerprint density at radius 2 is 1.91 bits per heavy atom. The molecule has 3 aromatic rings. The maximum atomic E-state index is 13.1. The second kappa shape index (κ2) is 8.97. The molecule has 5 rings (SSSR count). The van der Waals surface area contributed by atoms with Crippen LogP contribution in [0.5, 0.6) is 0 Å². The molecule has 32 heavy (non-hydrogen) atoms. The number of hydrogen-bond acceptors (Lipinski definition) is 2. The lowest BCUT2D eigenvalue weighted by atomic mass is 9.91. The van der Waals surface area contributed by atoms with Crippen LogP contribution in [-0.4, -0.2) is 24.5 Å². The molecule has 0 radical (unpaired) electrons. The van der Waals surface area contributed by atoms with Gasteiger partial charge in [-0.2, -0.15) is 0 Å². The monoisotopic (exact) mass is 445 g/mol. The quantitative estimate of drug-likeness (QED) is 0.329. The van der Waals surface area contributed by atoms with E-state index in [-0.39, 0.29) is 5.91 Å². The summed E-state index contributed by atoms with van der Waals surface area (Å²) in [4.78, 5) is 16.7. The maximum absolute atomic E-state index is 13.1. The van der Waals surface area contributed by atoms with Crippen molar-refractivity contribution in [2.75, 3.05) is 18.9 Å². The molecule has 2 aliphatic rings. The van der Waals surface area contributed by atoms with Gasteiger partial charge in [0.2, 0.25) is 0 Å². The largest absolute Gasteiger partial charge is 0.358 e. The molecule has 0 bridgehead atoms. The molecule has 2 aromatic carbocycles.